The van der Waals surface area contributed by atoms with Crippen LogP contribution in [-0.4, -0.2) is 77.9 Å². The van der Waals surface area contributed by atoms with Gasteiger partial charge in [0.15, 0.2) is 10.3 Å². The number of H-pyrrole nitrogens is 1. The van der Waals surface area contributed by atoms with E-state index in [0.717, 1.165) is 137 Å². The van der Waals surface area contributed by atoms with Crippen LogP contribution in [0.1, 0.15) is 166 Å². The minimum Gasteiger partial charge on any atom is -0.405 e. The van der Waals surface area contributed by atoms with E-state index in [1.54, 1.807) is 46.9 Å². The number of hydrogen-bond acceptors (Lipinski definition) is 18. The number of benzene rings is 4. The molecule has 4 aromatic carbocycles. The number of nitriles is 1. The molecule has 8 aliphatic rings. The lowest BCUT2D eigenvalue weighted by atomic mass is 9.82. The van der Waals surface area contributed by atoms with Gasteiger partial charge in [-0.05, 0) is 203 Å². The number of alkyl halides is 6. The Bertz CT molecular complexity index is 4170. The van der Waals surface area contributed by atoms with Crippen molar-refractivity contribution in [2.45, 2.75) is 177 Å². The molecule has 5 aromatic heterocycles. The Morgan fingerprint density at radius 3 is 1.45 bits per heavy atom. The molecule has 0 radical (unpaired) electrons. The van der Waals surface area contributed by atoms with E-state index in [1.807, 2.05) is 12.1 Å². The summed E-state index contributed by atoms with van der Waals surface area (Å²) < 4.78 is 114. The number of anilines is 2. The second kappa shape index (κ2) is 23.5. The zero-order chi connectivity index (χ0) is 61.7. The first-order chi connectivity index (χ1) is 44.2. The summed E-state index contributed by atoms with van der Waals surface area (Å²) in [5, 5.41) is 42.1. The summed E-state index contributed by atoms with van der Waals surface area (Å²) in [5.74, 6) is 4.66. The predicted octanol–water partition coefficient (Wildman–Crippen LogP) is 16.6. The van der Waals surface area contributed by atoms with Crippen molar-refractivity contribution in [1.29, 1.82) is 5.26 Å². The Labute approximate surface area is 526 Å². The lowest BCUT2D eigenvalue weighted by molar-refractivity contribution is -0.275. The maximum atomic E-state index is 13.2. The number of thiazole rings is 2. The number of ether oxygens (including phenoxy) is 4. The normalized spacial score (nSPS) is 24.5. The van der Waals surface area contributed by atoms with Gasteiger partial charge in [0, 0.05) is 51.7 Å². The van der Waals surface area contributed by atoms with Crippen molar-refractivity contribution in [3.63, 3.8) is 0 Å². The van der Waals surface area contributed by atoms with Crippen LogP contribution in [0, 0.1) is 35.0 Å². The molecule has 0 amide bonds. The summed E-state index contributed by atoms with van der Waals surface area (Å²) in [5.41, 5.74) is 8.86. The van der Waals surface area contributed by atoms with Gasteiger partial charge in [0.25, 0.3) is 0 Å². The van der Waals surface area contributed by atoms with Crippen LogP contribution in [0.25, 0.3) is 54.3 Å². The van der Waals surface area contributed by atoms with Crippen LogP contribution in [0.15, 0.2) is 81.8 Å². The first-order valence-corrected chi connectivity index (χ1v) is 33.3. The summed E-state index contributed by atoms with van der Waals surface area (Å²) in [6.07, 6.45) is 7.07. The lowest BCUT2D eigenvalue weighted by Gasteiger charge is -2.35. The molecule has 8 aliphatic carbocycles. The molecule has 0 saturated heterocycles. The third kappa shape index (κ3) is 12.4. The Kier molecular flexibility index (Phi) is 15.1. The van der Waals surface area contributed by atoms with Crippen LogP contribution in [0.2, 0.25) is 0 Å². The molecular formula is C66H63F6N11O6S2. The highest BCUT2D eigenvalue weighted by Gasteiger charge is 2.47. The Morgan fingerprint density at radius 2 is 1.02 bits per heavy atom. The fourth-order valence-corrected chi connectivity index (χ4v) is 16.9. The van der Waals surface area contributed by atoms with Gasteiger partial charge >= 0.3 is 12.7 Å². The van der Waals surface area contributed by atoms with E-state index in [0.29, 0.717) is 81.9 Å². The molecule has 4 bridgehead atoms. The maximum Gasteiger partial charge on any atom is 0.573 e. The first kappa shape index (κ1) is 58.4. The fraction of sp³-hybridized carbons (Fsp3) is 0.485. The molecule has 5 heterocycles. The topological polar surface area (TPSA) is 217 Å². The minimum atomic E-state index is -4.81. The second-order valence-electron chi connectivity index (χ2n) is 26.0. The maximum absolute atomic E-state index is 13.2. The highest BCUT2D eigenvalue weighted by molar-refractivity contribution is 7.22. The lowest BCUT2D eigenvalue weighted by Crippen LogP contribution is -2.39. The van der Waals surface area contributed by atoms with Crippen molar-refractivity contribution in [2.75, 3.05) is 10.6 Å². The molecule has 4 unspecified atom stereocenters. The zero-order valence-electron chi connectivity index (χ0n) is 49.2. The highest BCUT2D eigenvalue weighted by Crippen LogP contribution is 2.53. The quantitative estimate of drug-likeness (QED) is 0.0641. The number of nitrogens with one attached hydrogen (secondary N) is 3. The highest BCUT2D eigenvalue weighted by atomic mass is 32.1. The average molecular weight is 1280 g/mol. The van der Waals surface area contributed by atoms with Gasteiger partial charge in [0.05, 0.1) is 57.5 Å². The van der Waals surface area contributed by atoms with Crippen LogP contribution in [0.3, 0.4) is 0 Å². The molecule has 3 N–H and O–H groups in total. The Balaban J connectivity index is 0.000000146. The number of halogens is 6. The predicted molar refractivity (Wildman–Crippen MR) is 325 cm³/mol. The molecule has 17 nitrogen and oxygen atoms in total. The molecule has 472 valence electrons. The minimum absolute atomic E-state index is 0.0383. The van der Waals surface area contributed by atoms with E-state index in [2.05, 4.69) is 69.2 Å². The molecule has 0 aliphatic heterocycles. The van der Waals surface area contributed by atoms with E-state index >= 15 is 0 Å². The van der Waals surface area contributed by atoms with Gasteiger partial charge in [-0.2, -0.15) is 10.5 Å². The van der Waals surface area contributed by atoms with Crippen molar-refractivity contribution in [1.82, 2.24) is 40.9 Å². The molecule has 8 saturated carbocycles. The Hall–Kier alpha value is -7.66. The smallest absolute Gasteiger partial charge is 0.405 e. The van der Waals surface area contributed by atoms with E-state index in [-0.39, 0.29) is 59.9 Å². The van der Waals surface area contributed by atoms with Gasteiger partial charge in [-0.25, -0.2) is 9.97 Å². The summed E-state index contributed by atoms with van der Waals surface area (Å²) in [6.45, 7) is 0.466. The van der Waals surface area contributed by atoms with Crippen LogP contribution in [-0.2, 0) is 22.7 Å². The number of aromatic nitrogens is 8. The van der Waals surface area contributed by atoms with Crippen LogP contribution < -0.4 is 20.1 Å². The second-order valence-corrected chi connectivity index (χ2v) is 28.0. The number of rotatable bonds is 19. The monoisotopic (exact) mass is 1280 g/mol. The zero-order valence-corrected chi connectivity index (χ0v) is 50.8. The molecule has 0 spiro atoms. The third-order valence-electron chi connectivity index (χ3n) is 19.7. The number of tetrazole rings is 1. The van der Waals surface area contributed by atoms with E-state index < -0.39 is 12.7 Å². The molecular weight excluding hydrogens is 1220 g/mol. The molecule has 25 heteroatoms. The Morgan fingerprint density at radius 1 is 0.571 bits per heavy atom. The van der Waals surface area contributed by atoms with Crippen molar-refractivity contribution in [3.8, 4) is 51.5 Å². The van der Waals surface area contributed by atoms with Gasteiger partial charge in [-0.1, -0.05) is 57.3 Å². The molecule has 17 rings (SSSR count). The number of nitrogens with zero attached hydrogens (tertiary/aromatic N) is 8. The fourth-order valence-electron chi connectivity index (χ4n) is 14.9. The van der Waals surface area contributed by atoms with E-state index in [1.165, 1.54) is 48.2 Å². The molecule has 8 fully saturated rings. The van der Waals surface area contributed by atoms with Crippen molar-refractivity contribution in [3.05, 3.63) is 112 Å². The summed E-state index contributed by atoms with van der Waals surface area (Å²) in [7, 11) is 0. The van der Waals surface area contributed by atoms with Gasteiger partial charge in [0.2, 0.25) is 5.82 Å². The van der Waals surface area contributed by atoms with E-state index in [4.69, 9.17) is 28.5 Å². The van der Waals surface area contributed by atoms with Gasteiger partial charge < -0.3 is 38.6 Å². The van der Waals surface area contributed by atoms with Crippen molar-refractivity contribution in [2.24, 2.45) is 23.7 Å². The van der Waals surface area contributed by atoms with Crippen LogP contribution >= 0.6 is 22.7 Å². The summed E-state index contributed by atoms with van der Waals surface area (Å²) in [6, 6.07) is 23.3. The summed E-state index contributed by atoms with van der Waals surface area (Å²) >= 11 is 3.31. The standard InChI is InChI=1S/C33H32F3N7O3S.C33H31F3N4O3S/c34-33(35,36)45-25-4-2-1-3-22(25)28-24(30(46-41-28)17-7-8-17)15-44-21-11-18-9-10-19(12-21)27(18)37-32-38-29-23(16-5-6-16)13-20(14-26(29)47-32)31-39-42-43-40-31;34-33(35,36)42-26-4-2-1-3-23(26)29-25(31(43-40-29)19-7-8-19)16-41-22-13-20-9-10-21(14-22)28(20)38-32-39-30-24(18-5-6-18)11-17(15-37)12-27(30)44-32/h1-4,13-14,16-19,21,27H,5-12,15H2,(H,37,38)(H,39,40,42,43);1-4,11-12,18-22,28H,5-10,13-14,16H2,(H,38,39). The third-order valence-corrected chi connectivity index (χ3v) is 21.6. The van der Waals surface area contributed by atoms with E-state index in [9.17, 15) is 31.6 Å². The SMILES string of the molecule is FC(F)(F)Oc1ccccc1-c1noc(C2CC2)c1COC1CC2CCC(C1)C2Nc1nc2c(C3CC3)cc(-c3nn[nH]n3)cc2s1.N#Cc1cc(C2CC2)c2nc(NC3C4CCC3CC(OCc3c(-c5ccccc5OC(F)(F)F)noc3C3CC3)C4)sc2c1. The number of aromatic amines is 1. The molecule has 9 aromatic rings. The van der Waals surface area contributed by atoms with Crippen LogP contribution in [0.4, 0.5) is 36.6 Å². The number of hydrogen-bond donors (Lipinski definition) is 3. The molecule has 4 atom stereocenters. The largest absolute Gasteiger partial charge is 0.573 e. The summed E-state index contributed by atoms with van der Waals surface area (Å²) in [4.78, 5) is 10.1. The average Bonchev–Trinajstić information content (AvgIpc) is 1.70. The molecule has 91 heavy (non-hydrogen) atoms. The number of fused-ring (bicyclic) bond motifs is 6. The number of para-hydroxylation sites is 2. The van der Waals surface area contributed by atoms with Gasteiger partial charge in [-0.3, -0.25) is 0 Å². The van der Waals surface area contributed by atoms with Crippen LogP contribution in [0.5, 0.6) is 11.5 Å². The van der Waals surface area contributed by atoms with Crippen molar-refractivity contribution < 1.29 is 54.3 Å². The first-order valence-electron chi connectivity index (χ1n) is 31.7. The van der Waals surface area contributed by atoms with Gasteiger partial charge in [0.1, 0.15) is 34.4 Å². The van der Waals surface area contributed by atoms with Gasteiger partial charge in [-0.15, -0.1) is 36.5 Å². The van der Waals surface area contributed by atoms with Crippen molar-refractivity contribution >= 4 is 53.4 Å².